The molecule has 136 valence electrons. The molecular weight excluding hydrogens is 348 g/mol. The monoisotopic (exact) mass is 370 g/mol. The number of nitrogens with zero attached hydrogens (tertiary/aromatic N) is 3. The van der Waals surface area contributed by atoms with Crippen LogP contribution in [0, 0.1) is 0 Å². The van der Waals surface area contributed by atoms with E-state index in [-0.39, 0.29) is 6.04 Å². The third-order valence-electron chi connectivity index (χ3n) is 4.50. The van der Waals surface area contributed by atoms with Crippen LogP contribution in [0.4, 0.5) is 0 Å². The van der Waals surface area contributed by atoms with E-state index in [1.54, 1.807) is 11.3 Å². The van der Waals surface area contributed by atoms with Gasteiger partial charge in [-0.25, -0.2) is 0 Å². The third-order valence-corrected chi connectivity index (χ3v) is 5.65. The van der Waals surface area contributed by atoms with Gasteiger partial charge in [-0.1, -0.05) is 35.5 Å². The number of likely N-dealkylation sites (N-methyl/N-ethyl adjacent to an activating group) is 1. The van der Waals surface area contributed by atoms with E-state index in [0.717, 1.165) is 40.7 Å². The van der Waals surface area contributed by atoms with Crippen LogP contribution in [0.3, 0.4) is 0 Å². The van der Waals surface area contributed by atoms with E-state index in [4.69, 9.17) is 9.26 Å². The molecule has 1 atom stereocenters. The first-order valence-electron chi connectivity index (χ1n) is 8.83. The normalized spacial score (nSPS) is 18.2. The molecule has 0 bridgehead atoms. The van der Waals surface area contributed by atoms with Crippen LogP contribution in [-0.2, 0) is 0 Å². The van der Waals surface area contributed by atoms with Crippen LogP contribution >= 0.6 is 11.3 Å². The zero-order valence-corrected chi connectivity index (χ0v) is 15.8. The molecule has 2 aromatic heterocycles. The number of hydrogen-bond acceptors (Lipinski definition) is 7. The van der Waals surface area contributed by atoms with Crippen LogP contribution in [0.5, 0.6) is 5.75 Å². The molecule has 4 rings (SSSR count). The number of hydrogen-bond donors (Lipinski definition) is 1. The Bertz CT molecular complexity index is 862. The van der Waals surface area contributed by atoms with Crippen LogP contribution in [-0.4, -0.2) is 48.3 Å². The van der Waals surface area contributed by atoms with Gasteiger partial charge in [0.1, 0.15) is 10.6 Å². The van der Waals surface area contributed by atoms with Crippen LogP contribution in [0.25, 0.3) is 21.2 Å². The molecule has 26 heavy (non-hydrogen) atoms. The van der Waals surface area contributed by atoms with Gasteiger partial charge in [0.05, 0.1) is 12.6 Å². The minimum atomic E-state index is 0.130. The lowest BCUT2D eigenvalue weighted by atomic mass is 10.2. The molecule has 1 saturated heterocycles. The van der Waals surface area contributed by atoms with Crippen molar-refractivity contribution in [3.63, 3.8) is 0 Å². The molecule has 0 spiro atoms. The lowest BCUT2D eigenvalue weighted by Crippen LogP contribution is -2.44. The van der Waals surface area contributed by atoms with E-state index in [0.29, 0.717) is 18.3 Å². The molecule has 6 nitrogen and oxygen atoms in total. The highest BCUT2D eigenvalue weighted by Gasteiger charge is 2.27. The van der Waals surface area contributed by atoms with E-state index >= 15 is 0 Å². The second kappa shape index (κ2) is 7.57. The van der Waals surface area contributed by atoms with Gasteiger partial charge in [-0.2, -0.15) is 4.98 Å². The van der Waals surface area contributed by atoms with Gasteiger partial charge in [0.25, 0.3) is 5.89 Å². The minimum absolute atomic E-state index is 0.130. The Morgan fingerprint density at radius 1 is 1.35 bits per heavy atom. The van der Waals surface area contributed by atoms with Crippen LogP contribution < -0.4 is 10.1 Å². The largest absolute Gasteiger partial charge is 0.492 e. The fraction of sp³-hybridized carbons (Fsp3) is 0.368. The summed E-state index contributed by atoms with van der Waals surface area (Å²) in [6.45, 7) is 5.35. The Hall–Kier alpha value is -2.22. The molecule has 1 fully saturated rings. The zero-order chi connectivity index (χ0) is 17.9. The quantitative estimate of drug-likeness (QED) is 0.742. The number of thiophene rings is 1. The number of benzene rings is 1. The summed E-state index contributed by atoms with van der Waals surface area (Å²) < 4.78 is 11.4. The summed E-state index contributed by atoms with van der Waals surface area (Å²) in [5.74, 6) is 2.03. The molecule has 1 N–H and O–H groups in total. The molecule has 0 saturated carbocycles. The molecular formula is C19H22N4O2S. The minimum Gasteiger partial charge on any atom is -0.492 e. The molecule has 0 aliphatic carbocycles. The van der Waals surface area contributed by atoms with E-state index in [1.165, 1.54) is 0 Å². The summed E-state index contributed by atoms with van der Waals surface area (Å²) in [6, 6.07) is 12.4. The average molecular weight is 370 g/mol. The molecule has 7 heteroatoms. The summed E-state index contributed by atoms with van der Waals surface area (Å²) in [7, 11) is 2.09. The molecule has 0 amide bonds. The second-order valence-corrected chi connectivity index (χ2v) is 7.31. The van der Waals surface area contributed by atoms with E-state index < -0.39 is 0 Å². The first-order valence-corrected chi connectivity index (χ1v) is 9.65. The van der Waals surface area contributed by atoms with Crippen molar-refractivity contribution in [2.75, 3.05) is 33.3 Å². The Morgan fingerprint density at radius 2 is 2.19 bits per heavy atom. The van der Waals surface area contributed by atoms with Crippen LogP contribution in [0.15, 0.2) is 40.9 Å². The van der Waals surface area contributed by atoms with Crippen LogP contribution in [0.2, 0.25) is 0 Å². The molecule has 3 heterocycles. The fourth-order valence-corrected chi connectivity index (χ4v) is 4.12. The topological polar surface area (TPSA) is 63.4 Å². The SMILES string of the molecule is CCOc1cc(-c2ccccc2)sc1-c1nc(C2CNCCN2C)no1. The van der Waals surface area contributed by atoms with Crippen molar-refractivity contribution in [1.29, 1.82) is 0 Å². The number of piperazine rings is 1. The van der Waals surface area contributed by atoms with Crippen molar-refractivity contribution < 1.29 is 9.26 Å². The molecule has 0 radical (unpaired) electrons. The predicted octanol–water partition coefficient (Wildman–Crippen LogP) is 3.44. The number of ether oxygens (including phenoxy) is 1. The molecule has 1 aliphatic heterocycles. The summed E-state index contributed by atoms with van der Waals surface area (Å²) in [6.07, 6.45) is 0. The zero-order valence-electron chi connectivity index (χ0n) is 14.9. The lowest BCUT2D eigenvalue weighted by Gasteiger charge is -2.30. The van der Waals surface area contributed by atoms with Gasteiger partial charge in [0.15, 0.2) is 5.82 Å². The Kier molecular flexibility index (Phi) is 5.01. The predicted molar refractivity (Wildman–Crippen MR) is 102 cm³/mol. The molecule has 1 unspecified atom stereocenters. The summed E-state index contributed by atoms with van der Waals surface area (Å²) in [5, 5.41) is 7.62. The van der Waals surface area contributed by atoms with Gasteiger partial charge in [-0.05, 0) is 25.6 Å². The fourth-order valence-electron chi connectivity index (χ4n) is 3.09. The number of rotatable bonds is 5. The van der Waals surface area contributed by atoms with Gasteiger partial charge in [-0.3, -0.25) is 4.90 Å². The first kappa shape index (κ1) is 17.2. The van der Waals surface area contributed by atoms with Crippen molar-refractivity contribution in [2.24, 2.45) is 0 Å². The Balaban J connectivity index is 1.67. The van der Waals surface area contributed by atoms with Gasteiger partial charge in [0.2, 0.25) is 0 Å². The standard InChI is InChI=1S/C19H22N4O2S/c1-3-24-15-11-16(13-7-5-4-6-8-13)26-17(15)19-21-18(22-25-19)14-12-20-9-10-23(14)2/h4-8,11,14,20H,3,9-10,12H2,1-2H3. The maximum absolute atomic E-state index is 5.83. The maximum Gasteiger partial charge on any atom is 0.271 e. The maximum atomic E-state index is 5.83. The first-order chi connectivity index (χ1) is 12.8. The molecule has 1 aromatic carbocycles. The van der Waals surface area contributed by atoms with E-state index in [9.17, 15) is 0 Å². The second-order valence-electron chi connectivity index (χ2n) is 6.26. The van der Waals surface area contributed by atoms with Gasteiger partial charge in [-0.15, -0.1) is 11.3 Å². The molecule has 1 aliphatic rings. The van der Waals surface area contributed by atoms with Crippen molar-refractivity contribution in [3.8, 4) is 27.0 Å². The summed E-state index contributed by atoms with van der Waals surface area (Å²) in [4.78, 5) is 8.93. The summed E-state index contributed by atoms with van der Waals surface area (Å²) in [5.41, 5.74) is 1.15. The van der Waals surface area contributed by atoms with E-state index in [2.05, 4.69) is 45.6 Å². The van der Waals surface area contributed by atoms with Gasteiger partial charge in [0, 0.05) is 24.5 Å². The van der Waals surface area contributed by atoms with Crippen molar-refractivity contribution in [2.45, 2.75) is 13.0 Å². The Labute approximate surface area is 156 Å². The highest BCUT2D eigenvalue weighted by molar-refractivity contribution is 7.19. The van der Waals surface area contributed by atoms with Gasteiger partial charge >= 0.3 is 0 Å². The van der Waals surface area contributed by atoms with Crippen molar-refractivity contribution in [3.05, 3.63) is 42.2 Å². The third kappa shape index (κ3) is 3.38. The average Bonchev–Trinajstić information content (AvgIpc) is 3.30. The smallest absolute Gasteiger partial charge is 0.271 e. The van der Waals surface area contributed by atoms with Crippen molar-refractivity contribution >= 4 is 11.3 Å². The number of aromatic nitrogens is 2. The summed E-state index contributed by atoms with van der Waals surface area (Å²) >= 11 is 1.62. The highest BCUT2D eigenvalue weighted by atomic mass is 32.1. The Morgan fingerprint density at radius 3 is 2.96 bits per heavy atom. The van der Waals surface area contributed by atoms with Crippen LogP contribution in [0.1, 0.15) is 18.8 Å². The van der Waals surface area contributed by atoms with Crippen molar-refractivity contribution in [1.82, 2.24) is 20.4 Å². The number of nitrogens with one attached hydrogen (secondary N) is 1. The van der Waals surface area contributed by atoms with Gasteiger partial charge < -0.3 is 14.6 Å². The highest BCUT2D eigenvalue weighted by Crippen LogP contribution is 2.42. The lowest BCUT2D eigenvalue weighted by molar-refractivity contribution is 0.190. The molecule has 3 aromatic rings. The van der Waals surface area contributed by atoms with E-state index in [1.807, 2.05) is 25.1 Å².